The van der Waals surface area contributed by atoms with Gasteiger partial charge in [0.1, 0.15) is 11.3 Å². The van der Waals surface area contributed by atoms with Crippen LogP contribution in [0, 0.1) is 6.92 Å². The topological polar surface area (TPSA) is 34.9 Å². The number of fused-ring (bicyclic) bond motifs is 3. The Kier molecular flexibility index (Phi) is 2.85. The maximum absolute atomic E-state index is 11.7. The Hall–Kier alpha value is -2.16. The van der Waals surface area contributed by atoms with Crippen LogP contribution in [-0.2, 0) is 0 Å². The molecule has 0 spiro atoms. The summed E-state index contributed by atoms with van der Waals surface area (Å²) in [5.41, 5.74) is 3.73. The zero-order chi connectivity index (χ0) is 14.4. The molecule has 0 aliphatic heterocycles. The second kappa shape index (κ2) is 4.44. The van der Waals surface area contributed by atoms with Crippen molar-refractivity contribution in [1.82, 2.24) is 9.55 Å². The lowest BCUT2D eigenvalue weighted by Gasteiger charge is -2.11. The summed E-state index contributed by atoms with van der Waals surface area (Å²) in [6.45, 7) is 7.90. The number of nitrogens with zero attached hydrogens (tertiary/aromatic N) is 2. The van der Waals surface area contributed by atoms with Crippen LogP contribution >= 0.6 is 0 Å². The summed E-state index contributed by atoms with van der Waals surface area (Å²) in [6.07, 6.45) is 0. The summed E-state index contributed by atoms with van der Waals surface area (Å²) in [7, 11) is 0. The largest absolute Gasteiger partial charge is 0.323 e. The van der Waals surface area contributed by atoms with Crippen molar-refractivity contribution < 1.29 is 4.79 Å². The molecule has 0 saturated heterocycles. The van der Waals surface area contributed by atoms with Crippen molar-refractivity contribution in [3.05, 3.63) is 41.6 Å². The second-order valence-electron chi connectivity index (χ2n) is 5.56. The van der Waals surface area contributed by atoms with Crippen LogP contribution < -0.4 is 0 Å². The number of para-hydroxylation sites is 1. The van der Waals surface area contributed by atoms with Crippen molar-refractivity contribution in [1.29, 1.82) is 0 Å². The Morgan fingerprint density at radius 2 is 1.95 bits per heavy atom. The van der Waals surface area contributed by atoms with E-state index in [4.69, 9.17) is 0 Å². The van der Waals surface area contributed by atoms with Gasteiger partial charge in [0.2, 0.25) is 0 Å². The van der Waals surface area contributed by atoms with Crippen LogP contribution in [0.2, 0.25) is 0 Å². The Morgan fingerprint density at radius 3 is 2.60 bits per heavy atom. The molecule has 3 rings (SSSR count). The molecular formula is C17H18N2O. The van der Waals surface area contributed by atoms with Crippen LogP contribution in [0.15, 0.2) is 30.3 Å². The second-order valence-corrected chi connectivity index (χ2v) is 5.56. The zero-order valence-corrected chi connectivity index (χ0v) is 12.3. The highest BCUT2D eigenvalue weighted by molar-refractivity contribution is 6.09. The molecule has 0 amide bonds. The van der Waals surface area contributed by atoms with Gasteiger partial charge < -0.3 is 4.57 Å². The van der Waals surface area contributed by atoms with Gasteiger partial charge in [0, 0.05) is 23.7 Å². The quantitative estimate of drug-likeness (QED) is 0.649. The van der Waals surface area contributed by atoms with E-state index < -0.39 is 0 Å². The first kappa shape index (κ1) is 12.9. The first-order chi connectivity index (χ1) is 9.50. The fourth-order valence-corrected chi connectivity index (χ4v) is 2.88. The van der Waals surface area contributed by atoms with Gasteiger partial charge in [-0.1, -0.05) is 18.2 Å². The molecule has 0 radical (unpaired) electrons. The minimum Gasteiger partial charge on any atom is -0.323 e. The van der Waals surface area contributed by atoms with Gasteiger partial charge in [-0.05, 0) is 38.5 Å². The number of aryl methyl sites for hydroxylation is 1. The molecule has 0 aliphatic carbocycles. The van der Waals surface area contributed by atoms with Gasteiger partial charge in [-0.3, -0.25) is 4.79 Å². The van der Waals surface area contributed by atoms with Crippen LogP contribution in [0.3, 0.4) is 0 Å². The van der Waals surface area contributed by atoms with Gasteiger partial charge in [0.25, 0.3) is 0 Å². The highest BCUT2D eigenvalue weighted by Gasteiger charge is 2.17. The van der Waals surface area contributed by atoms with Crippen LogP contribution in [0.25, 0.3) is 21.9 Å². The van der Waals surface area contributed by atoms with E-state index in [0.29, 0.717) is 11.7 Å². The number of hydrogen-bond donors (Lipinski definition) is 0. The molecule has 0 aliphatic rings. The first-order valence-corrected chi connectivity index (χ1v) is 6.92. The number of Topliss-reactive ketones (excluding diaryl/α,β-unsaturated/α-hetero) is 1. The average molecular weight is 266 g/mol. The fraction of sp³-hybridized carbons (Fsp3) is 0.294. The lowest BCUT2D eigenvalue weighted by atomic mass is 10.1. The van der Waals surface area contributed by atoms with E-state index in [-0.39, 0.29) is 5.78 Å². The van der Waals surface area contributed by atoms with E-state index in [2.05, 4.69) is 35.5 Å². The van der Waals surface area contributed by atoms with Gasteiger partial charge in [0.05, 0.1) is 5.52 Å². The summed E-state index contributed by atoms with van der Waals surface area (Å²) in [5.74, 6) is 0.00978. The maximum atomic E-state index is 11.7. The molecule has 0 atom stereocenters. The van der Waals surface area contributed by atoms with Crippen molar-refractivity contribution in [3.8, 4) is 0 Å². The van der Waals surface area contributed by atoms with Gasteiger partial charge in [-0.25, -0.2) is 4.98 Å². The summed E-state index contributed by atoms with van der Waals surface area (Å²) in [4.78, 5) is 16.3. The van der Waals surface area contributed by atoms with Crippen LogP contribution in [0.4, 0.5) is 0 Å². The summed E-state index contributed by atoms with van der Waals surface area (Å²) in [6, 6.07) is 10.5. The van der Waals surface area contributed by atoms with Crippen molar-refractivity contribution >= 4 is 27.7 Å². The molecule has 3 nitrogen and oxygen atoms in total. The predicted octanol–water partition coefficient (Wildman–Crippen LogP) is 4.28. The van der Waals surface area contributed by atoms with E-state index in [1.54, 1.807) is 6.92 Å². The molecule has 0 bridgehead atoms. The van der Waals surface area contributed by atoms with Gasteiger partial charge in [0.15, 0.2) is 5.78 Å². The van der Waals surface area contributed by atoms with E-state index in [9.17, 15) is 4.79 Å². The van der Waals surface area contributed by atoms with Crippen molar-refractivity contribution in [3.63, 3.8) is 0 Å². The Labute approximate surface area is 118 Å². The monoisotopic (exact) mass is 266 g/mol. The normalized spacial score (nSPS) is 11.7. The number of pyridine rings is 1. The molecular weight excluding hydrogens is 248 g/mol. The third kappa shape index (κ3) is 1.73. The fourth-order valence-electron chi connectivity index (χ4n) is 2.88. The van der Waals surface area contributed by atoms with E-state index in [0.717, 1.165) is 16.6 Å². The minimum absolute atomic E-state index is 0.00978. The first-order valence-electron chi connectivity index (χ1n) is 6.92. The molecule has 2 aromatic heterocycles. The predicted molar refractivity (Wildman–Crippen MR) is 82.4 cm³/mol. The number of ketones is 1. The number of aromatic nitrogens is 2. The number of carbonyl (C=O) groups excluding carboxylic acids is 1. The van der Waals surface area contributed by atoms with E-state index >= 15 is 0 Å². The molecule has 3 heteroatoms. The van der Waals surface area contributed by atoms with Gasteiger partial charge in [-0.15, -0.1) is 0 Å². The minimum atomic E-state index is 0.00978. The molecule has 0 unspecified atom stereocenters. The highest BCUT2D eigenvalue weighted by atomic mass is 16.1. The molecule has 102 valence electrons. The van der Waals surface area contributed by atoms with Crippen LogP contribution in [0.5, 0.6) is 0 Å². The van der Waals surface area contributed by atoms with Crippen molar-refractivity contribution in [2.24, 2.45) is 0 Å². The zero-order valence-electron chi connectivity index (χ0n) is 12.3. The maximum Gasteiger partial charge on any atom is 0.178 e. The summed E-state index contributed by atoms with van der Waals surface area (Å²) in [5, 5.41) is 2.36. The third-order valence-electron chi connectivity index (χ3n) is 3.74. The Bertz CT molecular complexity index is 828. The van der Waals surface area contributed by atoms with E-state index in [1.807, 2.05) is 25.1 Å². The third-order valence-corrected chi connectivity index (χ3v) is 3.74. The van der Waals surface area contributed by atoms with Gasteiger partial charge in [-0.2, -0.15) is 0 Å². The molecule has 2 heterocycles. The molecule has 0 saturated carbocycles. The lowest BCUT2D eigenvalue weighted by molar-refractivity contribution is 0.101. The Morgan fingerprint density at radius 1 is 1.25 bits per heavy atom. The van der Waals surface area contributed by atoms with Gasteiger partial charge >= 0.3 is 0 Å². The Balaban J connectivity index is 2.56. The number of benzene rings is 1. The van der Waals surface area contributed by atoms with Crippen LogP contribution in [0.1, 0.15) is 42.9 Å². The SMILES string of the molecule is CC(=O)c1cc(C)c2c3ccccc3n(C(C)C)c2n1. The highest BCUT2D eigenvalue weighted by Crippen LogP contribution is 2.33. The summed E-state index contributed by atoms with van der Waals surface area (Å²) < 4.78 is 2.21. The number of carbonyl (C=O) groups is 1. The smallest absolute Gasteiger partial charge is 0.178 e. The molecule has 0 fully saturated rings. The molecule has 3 aromatic rings. The number of rotatable bonds is 2. The number of hydrogen-bond acceptors (Lipinski definition) is 2. The average Bonchev–Trinajstić information content (AvgIpc) is 2.73. The molecule has 1 aromatic carbocycles. The molecule has 0 N–H and O–H groups in total. The summed E-state index contributed by atoms with van der Waals surface area (Å²) >= 11 is 0. The molecule has 20 heavy (non-hydrogen) atoms. The lowest BCUT2D eigenvalue weighted by Crippen LogP contribution is -2.04. The van der Waals surface area contributed by atoms with E-state index in [1.165, 1.54) is 10.9 Å². The van der Waals surface area contributed by atoms with Crippen LogP contribution in [-0.4, -0.2) is 15.3 Å². The van der Waals surface area contributed by atoms with Crippen molar-refractivity contribution in [2.45, 2.75) is 33.7 Å². The van der Waals surface area contributed by atoms with Crippen molar-refractivity contribution in [2.75, 3.05) is 0 Å². The standard InChI is InChI=1S/C17H18N2O/c1-10(2)19-15-8-6-5-7-13(15)16-11(3)9-14(12(4)20)18-17(16)19/h5-10H,1-4H3.